The molecule has 0 amide bonds. The summed E-state index contributed by atoms with van der Waals surface area (Å²) in [7, 11) is 0. The van der Waals surface area contributed by atoms with E-state index in [1.165, 1.54) is 0 Å². The van der Waals surface area contributed by atoms with Gasteiger partial charge in [0.25, 0.3) is 0 Å². The molecule has 0 aliphatic carbocycles. The van der Waals surface area contributed by atoms with Crippen molar-refractivity contribution in [1.29, 1.82) is 0 Å². The van der Waals surface area contributed by atoms with E-state index in [1.54, 1.807) is 6.92 Å². The van der Waals surface area contributed by atoms with Crippen LogP contribution in [0.4, 0.5) is 0 Å². The number of carbonyl (C=O) groups excluding carboxylic acids is 1. The predicted molar refractivity (Wildman–Crippen MR) is 116 cm³/mol. The molecule has 1 saturated heterocycles. The number of hydrogen-bond acceptors (Lipinski definition) is 5. The van der Waals surface area contributed by atoms with Crippen LogP contribution >= 0.6 is 15.9 Å². The second-order valence-corrected chi connectivity index (χ2v) is 7.94. The summed E-state index contributed by atoms with van der Waals surface area (Å²) in [5.74, 6) is 0.575. The molecule has 0 spiro atoms. The second kappa shape index (κ2) is 9.07. The third-order valence-corrected chi connectivity index (χ3v) is 5.57. The van der Waals surface area contributed by atoms with Crippen molar-refractivity contribution in [2.75, 3.05) is 33.0 Å². The number of carbonyl (C=O) groups is 1. The topological polar surface area (TPSA) is 56.6 Å². The van der Waals surface area contributed by atoms with E-state index >= 15 is 0 Å². The summed E-state index contributed by atoms with van der Waals surface area (Å²) in [5, 5.41) is 0. The van der Waals surface area contributed by atoms with Crippen LogP contribution in [0.1, 0.15) is 23.7 Å². The van der Waals surface area contributed by atoms with Gasteiger partial charge in [0.15, 0.2) is 0 Å². The van der Waals surface area contributed by atoms with Gasteiger partial charge < -0.3 is 14.0 Å². The molecule has 6 nitrogen and oxygen atoms in total. The highest BCUT2D eigenvalue weighted by atomic mass is 79.9. The first kappa shape index (κ1) is 20.1. The summed E-state index contributed by atoms with van der Waals surface area (Å²) < 4.78 is 14.0. The van der Waals surface area contributed by atoms with Gasteiger partial charge in [-0.2, -0.15) is 0 Å². The fourth-order valence-corrected chi connectivity index (χ4v) is 3.85. The molecule has 0 N–H and O–H groups in total. The molecular formula is C22H24BrN3O3. The van der Waals surface area contributed by atoms with E-state index in [2.05, 4.69) is 37.5 Å². The molecule has 0 saturated carbocycles. The van der Waals surface area contributed by atoms with Crippen molar-refractivity contribution in [3.63, 3.8) is 0 Å². The molecule has 4 rings (SSSR count). The Morgan fingerprint density at radius 1 is 1.21 bits per heavy atom. The standard InChI is InChI=1S/C22H24BrN3O3/c1-2-29-22(27)17-6-9-20-19(14-17)24-21(16-4-7-18(23)8-5-16)26(20)12-11-25-10-3-13-28-15-25/h4-9,14H,2-3,10-13,15H2,1H3. The molecule has 152 valence electrons. The monoisotopic (exact) mass is 457 g/mol. The predicted octanol–water partition coefficient (Wildman–Crippen LogP) is 4.32. The second-order valence-electron chi connectivity index (χ2n) is 7.03. The average molecular weight is 458 g/mol. The number of nitrogens with zero attached hydrogens (tertiary/aromatic N) is 3. The van der Waals surface area contributed by atoms with Crippen LogP contribution in [0.5, 0.6) is 0 Å². The smallest absolute Gasteiger partial charge is 0.338 e. The fourth-order valence-electron chi connectivity index (χ4n) is 3.58. The molecule has 1 aliphatic heterocycles. The lowest BCUT2D eigenvalue weighted by molar-refractivity contribution is -0.0144. The minimum atomic E-state index is -0.320. The zero-order valence-corrected chi connectivity index (χ0v) is 18.0. The maximum Gasteiger partial charge on any atom is 0.338 e. The van der Waals surface area contributed by atoms with Gasteiger partial charge in [0.2, 0.25) is 0 Å². The first-order valence-electron chi connectivity index (χ1n) is 9.89. The highest BCUT2D eigenvalue weighted by Gasteiger charge is 2.17. The highest BCUT2D eigenvalue weighted by Crippen LogP contribution is 2.27. The van der Waals surface area contributed by atoms with E-state index in [9.17, 15) is 4.79 Å². The molecular weight excluding hydrogens is 434 g/mol. The van der Waals surface area contributed by atoms with Gasteiger partial charge in [-0.05, 0) is 43.7 Å². The van der Waals surface area contributed by atoms with Gasteiger partial charge in [-0.3, -0.25) is 4.90 Å². The van der Waals surface area contributed by atoms with Gasteiger partial charge >= 0.3 is 5.97 Å². The number of imidazole rings is 1. The largest absolute Gasteiger partial charge is 0.462 e. The van der Waals surface area contributed by atoms with Crippen molar-refractivity contribution in [3.8, 4) is 11.4 Å². The van der Waals surface area contributed by atoms with Crippen molar-refractivity contribution in [1.82, 2.24) is 14.5 Å². The lowest BCUT2D eigenvalue weighted by Crippen LogP contribution is -2.35. The minimum absolute atomic E-state index is 0.320. The highest BCUT2D eigenvalue weighted by molar-refractivity contribution is 9.10. The van der Waals surface area contributed by atoms with Crippen molar-refractivity contribution in [2.24, 2.45) is 0 Å². The quantitative estimate of drug-likeness (QED) is 0.515. The Bertz CT molecular complexity index is 994. The van der Waals surface area contributed by atoms with Crippen molar-refractivity contribution >= 4 is 32.9 Å². The maximum absolute atomic E-state index is 12.1. The Morgan fingerprint density at radius 2 is 2.03 bits per heavy atom. The summed E-state index contributed by atoms with van der Waals surface area (Å²) in [4.78, 5) is 19.3. The SMILES string of the molecule is CCOC(=O)c1ccc2c(c1)nc(-c1ccc(Br)cc1)n2CCN1CCCOC1. The zero-order chi connectivity index (χ0) is 20.2. The number of halogens is 1. The van der Waals surface area contributed by atoms with Crippen molar-refractivity contribution < 1.29 is 14.3 Å². The third-order valence-electron chi connectivity index (χ3n) is 5.04. The van der Waals surface area contributed by atoms with Crippen LogP contribution in [0.25, 0.3) is 22.4 Å². The first-order valence-corrected chi connectivity index (χ1v) is 10.7. The third kappa shape index (κ3) is 4.52. The number of fused-ring (bicyclic) bond motifs is 1. The van der Waals surface area contributed by atoms with E-state index in [0.29, 0.717) is 18.9 Å². The number of benzene rings is 2. The van der Waals surface area contributed by atoms with Gasteiger partial charge in [-0.15, -0.1) is 0 Å². The lowest BCUT2D eigenvalue weighted by atomic mass is 10.2. The summed E-state index contributed by atoms with van der Waals surface area (Å²) in [5.41, 5.74) is 3.37. The van der Waals surface area contributed by atoms with Crippen molar-refractivity contribution in [2.45, 2.75) is 19.9 Å². The fraction of sp³-hybridized carbons (Fsp3) is 0.364. The zero-order valence-electron chi connectivity index (χ0n) is 16.4. The number of aromatic nitrogens is 2. The van der Waals surface area contributed by atoms with Crippen LogP contribution in [-0.4, -0.2) is 53.5 Å². The summed E-state index contributed by atoms with van der Waals surface area (Å²) in [6.07, 6.45) is 1.06. The summed E-state index contributed by atoms with van der Waals surface area (Å²) in [6.45, 7) is 6.40. The molecule has 2 aromatic carbocycles. The van der Waals surface area contributed by atoms with Crippen LogP contribution in [0.2, 0.25) is 0 Å². The van der Waals surface area contributed by atoms with E-state index < -0.39 is 0 Å². The molecule has 1 aliphatic rings. The van der Waals surface area contributed by atoms with Crippen LogP contribution in [0.3, 0.4) is 0 Å². The average Bonchev–Trinajstić information content (AvgIpc) is 3.11. The molecule has 29 heavy (non-hydrogen) atoms. The minimum Gasteiger partial charge on any atom is -0.462 e. The Morgan fingerprint density at radius 3 is 2.76 bits per heavy atom. The van der Waals surface area contributed by atoms with Gasteiger partial charge in [0, 0.05) is 36.3 Å². The van der Waals surface area contributed by atoms with E-state index in [1.807, 2.05) is 30.3 Å². The first-order chi connectivity index (χ1) is 14.2. The lowest BCUT2D eigenvalue weighted by Gasteiger charge is -2.26. The van der Waals surface area contributed by atoms with Crippen molar-refractivity contribution in [3.05, 3.63) is 52.5 Å². The molecule has 0 bridgehead atoms. The normalized spacial score (nSPS) is 15.0. The number of hydrogen-bond donors (Lipinski definition) is 0. The molecule has 3 aromatic rings. The van der Waals surface area contributed by atoms with Crippen LogP contribution < -0.4 is 0 Å². The number of ether oxygens (including phenoxy) is 2. The maximum atomic E-state index is 12.1. The van der Waals surface area contributed by atoms with Gasteiger partial charge in [-0.1, -0.05) is 28.1 Å². The van der Waals surface area contributed by atoms with Crippen LogP contribution in [-0.2, 0) is 16.0 Å². The molecule has 1 fully saturated rings. The number of esters is 1. The molecule has 1 aromatic heterocycles. The van der Waals surface area contributed by atoms with Gasteiger partial charge in [0.05, 0.1) is 29.9 Å². The molecule has 0 unspecified atom stereocenters. The Kier molecular flexibility index (Phi) is 6.28. The molecule has 2 heterocycles. The molecule has 7 heteroatoms. The van der Waals surface area contributed by atoms with Gasteiger partial charge in [0.1, 0.15) is 5.82 Å². The Labute approximate surface area is 178 Å². The summed E-state index contributed by atoms with van der Waals surface area (Å²) in [6, 6.07) is 13.7. The van der Waals surface area contributed by atoms with Crippen LogP contribution in [0, 0.1) is 0 Å². The van der Waals surface area contributed by atoms with Gasteiger partial charge in [-0.25, -0.2) is 9.78 Å². The molecule has 0 atom stereocenters. The Hall–Kier alpha value is -2.22. The summed E-state index contributed by atoms with van der Waals surface area (Å²) >= 11 is 3.50. The van der Waals surface area contributed by atoms with E-state index in [-0.39, 0.29) is 5.97 Å². The number of rotatable bonds is 6. The van der Waals surface area contributed by atoms with E-state index in [4.69, 9.17) is 14.5 Å². The molecule has 0 radical (unpaired) electrons. The van der Waals surface area contributed by atoms with Crippen LogP contribution in [0.15, 0.2) is 46.9 Å². The van der Waals surface area contributed by atoms with E-state index in [0.717, 1.165) is 59.6 Å². The Balaban J connectivity index is 1.71.